The number of aromatic nitrogens is 3. The average molecular weight is 373 g/mol. The lowest BCUT2D eigenvalue weighted by molar-refractivity contribution is 0.155. The van der Waals surface area contributed by atoms with Gasteiger partial charge >= 0.3 is 0 Å². The SMILES string of the molecule is CCn1c(O)c(/C(C)=N/N2CCCC[C@@H]2c2cccnc2)c(=O)[nH]c1=S. The minimum absolute atomic E-state index is 0.116. The third kappa shape index (κ3) is 3.55. The topological polar surface area (TPSA) is 86.5 Å². The first kappa shape index (κ1) is 18.3. The lowest BCUT2D eigenvalue weighted by Gasteiger charge is -2.34. The van der Waals surface area contributed by atoms with Gasteiger partial charge in [0.25, 0.3) is 5.56 Å². The summed E-state index contributed by atoms with van der Waals surface area (Å²) in [5.41, 5.74) is 1.31. The molecule has 0 bridgehead atoms. The maximum atomic E-state index is 12.4. The Morgan fingerprint density at radius 2 is 2.31 bits per heavy atom. The third-order valence-electron chi connectivity index (χ3n) is 4.67. The van der Waals surface area contributed by atoms with Gasteiger partial charge in [0.2, 0.25) is 5.88 Å². The van der Waals surface area contributed by atoms with Gasteiger partial charge in [0, 0.05) is 25.5 Å². The molecule has 3 rings (SSSR count). The van der Waals surface area contributed by atoms with Gasteiger partial charge in [-0.2, -0.15) is 5.10 Å². The molecule has 0 amide bonds. The van der Waals surface area contributed by atoms with Gasteiger partial charge < -0.3 is 5.11 Å². The highest BCUT2D eigenvalue weighted by atomic mass is 32.1. The molecule has 1 saturated heterocycles. The summed E-state index contributed by atoms with van der Waals surface area (Å²) in [5.74, 6) is -0.141. The summed E-state index contributed by atoms with van der Waals surface area (Å²) >= 11 is 5.11. The minimum Gasteiger partial charge on any atom is -0.494 e. The molecule has 0 aliphatic carbocycles. The smallest absolute Gasteiger partial charge is 0.264 e. The highest BCUT2D eigenvalue weighted by molar-refractivity contribution is 7.71. The fraction of sp³-hybridized carbons (Fsp3) is 0.444. The van der Waals surface area contributed by atoms with Crippen LogP contribution in [0.15, 0.2) is 34.4 Å². The first-order valence-corrected chi connectivity index (χ1v) is 9.22. The average Bonchev–Trinajstić information content (AvgIpc) is 2.63. The second-order valence-electron chi connectivity index (χ2n) is 6.35. The normalized spacial score (nSPS) is 18.2. The lowest BCUT2D eigenvalue weighted by atomic mass is 9.98. The quantitative estimate of drug-likeness (QED) is 0.636. The Labute approximate surface area is 157 Å². The number of hydrazone groups is 1. The Balaban J connectivity index is 2.01. The molecule has 0 unspecified atom stereocenters. The first-order valence-electron chi connectivity index (χ1n) is 8.81. The molecule has 2 aromatic rings. The molecule has 0 aromatic carbocycles. The molecule has 0 radical (unpaired) electrons. The molecule has 1 aliphatic heterocycles. The summed E-state index contributed by atoms with van der Waals surface area (Å²) in [5, 5.41) is 17.2. The molecule has 0 spiro atoms. The van der Waals surface area contributed by atoms with Gasteiger partial charge in [-0.25, -0.2) is 0 Å². The maximum absolute atomic E-state index is 12.4. The van der Waals surface area contributed by atoms with Crippen molar-refractivity contribution < 1.29 is 5.11 Å². The van der Waals surface area contributed by atoms with Crippen LogP contribution in [0.2, 0.25) is 0 Å². The molecular weight excluding hydrogens is 350 g/mol. The number of aromatic amines is 1. The Hall–Kier alpha value is -2.48. The Morgan fingerprint density at radius 3 is 3.00 bits per heavy atom. The van der Waals surface area contributed by atoms with E-state index in [9.17, 15) is 9.90 Å². The molecule has 1 aliphatic rings. The van der Waals surface area contributed by atoms with Crippen molar-refractivity contribution >= 4 is 17.9 Å². The highest BCUT2D eigenvalue weighted by Crippen LogP contribution is 2.31. The molecule has 8 heteroatoms. The number of hydrogen-bond acceptors (Lipinski definition) is 6. The van der Waals surface area contributed by atoms with E-state index in [1.807, 2.05) is 30.3 Å². The zero-order chi connectivity index (χ0) is 18.7. The van der Waals surface area contributed by atoms with E-state index in [4.69, 9.17) is 12.2 Å². The van der Waals surface area contributed by atoms with Crippen molar-refractivity contribution in [1.82, 2.24) is 19.5 Å². The van der Waals surface area contributed by atoms with Gasteiger partial charge in [0.1, 0.15) is 5.56 Å². The standard InChI is InChI=1S/C18H23N5O2S/c1-3-22-17(25)15(16(24)20-18(22)26)12(2)21-23-10-5-4-8-14(23)13-7-6-9-19-11-13/h6-7,9,11,14,25H,3-5,8,10H2,1-2H3,(H,20,24,26)/b21-12+/t14-/m1/s1. The fourth-order valence-electron chi connectivity index (χ4n) is 3.37. The zero-order valence-electron chi connectivity index (χ0n) is 15.0. The third-order valence-corrected chi connectivity index (χ3v) is 4.99. The largest absolute Gasteiger partial charge is 0.494 e. The number of nitrogens with zero attached hydrogens (tertiary/aromatic N) is 4. The lowest BCUT2D eigenvalue weighted by Crippen LogP contribution is -2.31. The van der Waals surface area contributed by atoms with E-state index >= 15 is 0 Å². The van der Waals surface area contributed by atoms with Crippen LogP contribution in [-0.2, 0) is 6.54 Å². The van der Waals surface area contributed by atoms with Gasteiger partial charge in [-0.05, 0) is 57.0 Å². The van der Waals surface area contributed by atoms with E-state index in [0.29, 0.717) is 12.3 Å². The number of H-pyrrole nitrogens is 1. The van der Waals surface area contributed by atoms with Crippen molar-refractivity contribution in [3.8, 4) is 5.88 Å². The van der Waals surface area contributed by atoms with Crippen LogP contribution in [0.25, 0.3) is 0 Å². The molecule has 7 nitrogen and oxygen atoms in total. The van der Waals surface area contributed by atoms with Crippen LogP contribution in [-0.4, -0.2) is 36.9 Å². The number of piperidine rings is 1. The van der Waals surface area contributed by atoms with Gasteiger partial charge in [-0.3, -0.25) is 24.3 Å². The molecule has 26 heavy (non-hydrogen) atoms. The summed E-state index contributed by atoms with van der Waals surface area (Å²) in [6.45, 7) is 4.85. The molecular formula is C18H23N5O2S. The molecule has 1 fully saturated rings. The molecule has 138 valence electrons. The Morgan fingerprint density at radius 1 is 1.50 bits per heavy atom. The van der Waals surface area contributed by atoms with Crippen LogP contribution >= 0.6 is 12.2 Å². The molecule has 2 N–H and O–H groups in total. The van der Waals surface area contributed by atoms with Crippen molar-refractivity contribution in [3.05, 3.63) is 50.8 Å². The molecule has 0 saturated carbocycles. The van der Waals surface area contributed by atoms with Crippen molar-refractivity contribution in [3.63, 3.8) is 0 Å². The van der Waals surface area contributed by atoms with E-state index in [2.05, 4.69) is 15.1 Å². The van der Waals surface area contributed by atoms with Gasteiger partial charge in [0.15, 0.2) is 4.77 Å². The fourth-order valence-corrected chi connectivity index (χ4v) is 3.68. The molecule has 2 aromatic heterocycles. The minimum atomic E-state index is -0.423. The number of aromatic hydroxyl groups is 1. The Kier molecular flexibility index (Phi) is 5.51. The summed E-state index contributed by atoms with van der Waals surface area (Å²) in [6.07, 6.45) is 6.75. The van der Waals surface area contributed by atoms with E-state index in [-0.39, 0.29) is 22.3 Å². The number of rotatable bonds is 4. The van der Waals surface area contributed by atoms with Crippen LogP contribution in [0.1, 0.15) is 50.3 Å². The highest BCUT2D eigenvalue weighted by Gasteiger charge is 2.24. The molecule has 1 atom stereocenters. The molecule has 3 heterocycles. The van der Waals surface area contributed by atoms with Crippen molar-refractivity contribution in [2.45, 2.75) is 45.7 Å². The van der Waals surface area contributed by atoms with Crippen molar-refractivity contribution in [1.29, 1.82) is 0 Å². The summed E-state index contributed by atoms with van der Waals surface area (Å²) in [6, 6.07) is 4.08. The summed E-state index contributed by atoms with van der Waals surface area (Å²) in [4.78, 5) is 19.2. The predicted molar refractivity (Wildman–Crippen MR) is 103 cm³/mol. The van der Waals surface area contributed by atoms with Crippen molar-refractivity contribution in [2.24, 2.45) is 5.10 Å². The number of hydrogen-bond donors (Lipinski definition) is 2. The van der Waals surface area contributed by atoms with E-state index in [0.717, 1.165) is 31.4 Å². The monoisotopic (exact) mass is 373 g/mol. The predicted octanol–water partition coefficient (Wildman–Crippen LogP) is 2.98. The van der Waals surface area contributed by atoms with Gasteiger partial charge in [-0.15, -0.1) is 0 Å². The second-order valence-corrected chi connectivity index (χ2v) is 6.74. The van der Waals surface area contributed by atoms with E-state index in [1.54, 1.807) is 13.1 Å². The number of nitrogens with one attached hydrogen (secondary N) is 1. The van der Waals surface area contributed by atoms with Crippen LogP contribution < -0.4 is 5.56 Å². The maximum Gasteiger partial charge on any atom is 0.264 e. The summed E-state index contributed by atoms with van der Waals surface area (Å²) in [7, 11) is 0. The van der Waals surface area contributed by atoms with E-state index < -0.39 is 5.56 Å². The van der Waals surface area contributed by atoms with Crippen LogP contribution in [0.3, 0.4) is 0 Å². The van der Waals surface area contributed by atoms with Crippen molar-refractivity contribution in [2.75, 3.05) is 6.54 Å². The van der Waals surface area contributed by atoms with Gasteiger partial charge in [0.05, 0.1) is 11.8 Å². The van der Waals surface area contributed by atoms with Crippen LogP contribution in [0, 0.1) is 4.77 Å². The van der Waals surface area contributed by atoms with Crippen LogP contribution in [0.4, 0.5) is 0 Å². The second kappa shape index (κ2) is 7.82. The Bertz CT molecular complexity index is 919. The zero-order valence-corrected chi connectivity index (χ0v) is 15.8. The van der Waals surface area contributed by atoms with Gasteiger partial charge in [-0.1, -0.05) is 6.07 Å². The summed E-state index contributed by atoms with van der Waals surface area (Å²) < 4.78 is 1.69. The van der Waals surface area contributed by atoms with Crippen LogP contribution in [0.5, 0.6) is 5.88 Å². The first-order chi connectivity index (χ1) is 12.5. The number of pyridine rings is 1. The van der Waals surface area contributed by atoms with E-state index in [1.165, 1.54) is 4.57 Å².